The summed E-state index contributed by atoms with van der Waals surface area (Å²) in [5, 5.41) is 6.05. The molecule has 31 heavy (non-hydrogen) atoms. The molecular formula is C20H23F3IN3O4. The molecule has 1 aliphatic heterocycles. The Morgan fingerprint density at radius 3 is 2.48 bits per heavy atom. The molecule has 0 aromatic heterocycles. The first-order valence-electron chi connectivity index (χ1n) is 9.19. The van der Waals surface area contributed by atoms with Crippen molar-refractivity contribution in [3.05, 3.63) is 47.8 Å². The fourth-order valence-electron chi connectivity index (χ4n) is 2.75. The Morgan fingerprint density at radius 2 is 1.81 bits per heavy atom. The van der Waals surface area contributed by atoms with Crippen LogP contribution < -0.4 is 29.6 Å². The molecule has 170 valence electrons. The molecule has 2 N–H and O–H groups in total. The Hall–Kier alpha value is -2.57. The third-order valence-corrected chi connectivity index (χ3v) is 4.16. The van der Waals surface area contributed by atoms with Crippen LogP contribution in [0.25, 0.3) is 0 Å². The van der Waals surface area contributed by atoms with Crippen LogP contribution >= 0.6 is 24.0 Å². The van der Waals surface area contributed by atoms with Gasteiger partial charge in [-0.2, -0.15) is 8.78 Å². The number of ether oxygens (including phenoxy) is 4. The van der Waals surface area contributed by atoms with Crippen molar-refractivity contribution in [2.24, 2.45) is 4.99 Å². The first-order valence-corrected chi connectivity index (χ1v) is 9.19. The quantitative estimate of drug-likeness (QED) is 0.294. The van der Waals surface area contributed by atoms with Crippen LogP contribution in [0.2, 0.25) is 0 Å². The zero-order valence-electron chi connectivity index (χ0n) is 16.9. The second-order valence-electron chi connectivity index (χ2n) is 6.36. The van der Waals surface area contributed by atoms with Gasteiger partial charge in [-0.1, -0.05) is 12.1 Å². The van der Waals surface area contributed by atoms with E-state index >= 15 is 0 Å². The first kappa shape index (κ1) is 24.7. The van der Waals surface area contributed by atoms with Gasteiger partial charge in [0, 0.05) is 25.2 Å². The molecule has 0 fully saturated rings. The highest BCUT2D eigenvalue weighted by atomic mass is 127. The van der Waals surface area contributed by atoms with Gasteiger partial charge in [-0.05, 0) is 25.1 Å². The highest BCUT2D eigenvalue weighted by Crippen LogP contribution is 2.38. The molecule has 0 bridgehead atoms. The van der Waals surface area contributed by atoms with Crippen molar-refractivity contribution in [2.75, 3.05) is 20.4 Å². The van der Waals surface area contributed by atoms with E-state index < -0.39 is 12.4 Å². The highest BCUT2D eigenvalue weighted by molar-refractivity contribution is 14.0. The van der Waals surface area contributed by atoms with Crippen molar-refractivity contribution in [1.29, 1.82) is 0 Å². The number of aliphatic imine (C=N–C) groups is 1. The minimum atomic E-state index is -2.97. The Bertz CT molecular complexity index is 902. The lowest BCUT2D eigenvalue weighted by Gasteiger charge is -2.18. The minimum absolute atomic E-state index is 0. The van der Waals surface area contributed by atoms with Crippen LogP contribution in [-0.4, -0.2) is 39.1 Å². The first-order chi connectivity index (χ1) is 14.5. The second kappa shape index (κ2) is 11.7. The van der Waals surface area contributed by atoms with Crippen molar-refractivity contribution >= 4 is 29.9 Å². The van der Waals surface area contributed by atoms with Gasteiger partial charge in [0.1, 0.15) is 11.9 Å². The van der Waals surface area contributed by atoms with E-state index in [9.17, 15) is 13.2 Å². The number of rotatable bonds is 8. The Morgan fingerprint density at radius 1 is 1.10 bits per heavy atom. The van der Waals surface area contributed by atoms with Gasteiger partial charge in [0.25, 0.3) is 0 Å². The Labute approximate surface area is 194 Å². The predicted octanol–water partition coefficient (Wildman–Crippen LogP) is 3.91. The number of hydrogen-bond donors (Lipinski definition) is 2. The third kappa shape index (κ3) is 6.97. The lowest BCUT2D eigenvalue weighted by molar-refractivity contribution is -0.0505. The molecule has 0 saturated heterocycles. The fraction of sp³-hybridized carbons (Fsp3) is 0.350. The number of alkyl halides is 2. The van der Waals surface area contributed by atoms with Crippen molar-refractivity contribution in [2.45, 2.75) is 26.2 Å². The molecule has 2 aromatic rings. The molecule has 1 aliphatic rings. The third-order valence-electron chi connectivity index (χ3n) is 4.16. The molecule has 1 unspecified atom stereocenters. The predicted molar refractivity (Wildman–Crippen MR) is 119 cm³/mol. The number of benzene rings is 2. The normalized spacial score (nSPS) is 13.4. The van der Waals surface area contributed by atoms with E-state index in [0.717, 1.165) is 0 Å². The van der Waals surface area contributed by atoms with E-state index in [2.05, 4.69) is 20.4 Å². The van der Waals surface area contributed by atoms with Crippen LogP contribution in [0, 0.1) is 5.82 Å². The van der Waals surface area contributed by atoms with Gasteiger partial charge in [0.05, 0.1) is 6.54 Å². The van der Waals surface area contributed by atoms with Gasteiger partial charge < -0.3 is 29.6 Å². The van der Waals surface area contributed by atoms with Gasteiger partial charge in [0.2, 0.25) is 6.79 Å². The zero-order valence-corrected chi connectivity index (χ0v) is 19.2. The fourth-order valence-corrected chi connectivity index (χ4v) is 2.75. The summed E-state index contributed by atoms with van der Waals surface area (Å²) < 4.78 is 59.8. The number of halogens is 4. The molecule has 1 atom stereocenters. The average molecular weight is 553 g/mol. The summed E-state index contributed by atoms with van der Waals surface area (Å²) in [6, 6.07) is 9.07. The number of guanidine groups is 1. The number of nitrogens with zero attached hydrogens (tertiary/aromatic N) is 1. The summed E-state index contributed by atoms with van der Waals surface area (Å²) >= 11 is 0. The number of nitrogens with one attached hydrogen (secondary N) is 2. The summed E-state index contributed by atoms with van der Waals surface area (Å²) in [7, 11) is 1.56. The Balaban J connectivity index is 0.00000341. The van der Waals surface area contributed by atoms with Crippen LogP contribution in [0.15, 0.2) is 41.4 Å². The van der Waals surface area contributed by atoms with E-state index in [1.165, 1.54) is 12.1 Å². The molecule has 0 saturated carbocycles. The van der Waals surface area contributed by atoms with Crippen molar-refractivity contribution in [3.63, 3.8) is 0 Å². The lowest BCUT2D eigenvalue weighted by atomic mass is 10.1. The molecule has 2 aromatic carbocycles. The van der Waals surface area contributed by atoms with E-state index in [0.29, 0.717) is 29.6 Å². The Kier molecular flexibility index (Phi) is 9.34. The summed E-state index contributed by atoms with van der Waals surface area (Å²) in [5.41, 5.74) is 0.443. The summed E-state index contributed by atoms with van der Waals surface area (Å²) in [6.45, 7) is -0.711. The summed E-state index contributed by atoms with van der Waals surface area (Å²) in [5.74, 6) is 0.887. The summed E-state index contributed by atoms with van der Waals surface area (Å²) in [4.78, 5) is 4.08. The lowest BCUT2D eigenvalue weighted by Crippen LogP contribution is -2.41. The second-order valence-corrected chi connectivity index (χ2v) is 6.36. The van der Waals surface area contributed by atoms with Gasteiger partial charge in [0.15, 0.2) is 29.0 Å². The smallest absolute Gasteiger partial charge is 0.387 e. The van der Waals surface area contributed by atoms with Crippen molar-refractivity contribution in [3.8, 4) is 23.0 Å². The minimum Gasteiger partial charge on any atom is -0.486 e. The zero-order chi connectivity index (χ0) is 21.5. The molecule has 0 spiro atoms. The largest absolute Gasteiger partial charge is 0.486 e. The maximum atomic E-state index is 13.7. The topological polar surface area (TPSA) is 73.3 Å². The van der Waals surface area contributed by atoms with Crippen molar-refractivity contribution in [1.82, 2.24) is 10.6 Å². The SMILES string of the molecule is CN=C(NCc1cc2c(cc1OC(F)F)OCO2)NCC(C)Oc1ccccc1F.I. The van der Waals surface area contributed by atoms with Crippen LogP contribution in [0.1, 0.15) is 12.5 Å². The maximum Gasteiger partial charge on any atom is 0.387 e. The van der Waals surface area contributed by atoms with Crippen molar-refractivity contribution < 1.29 is 32.1 Å². The van der Waals surface area contributed by atoms with Crippen LogP contribution in [-0.2, 0) is 6.54 Å². The van der Waals surface area contributed by atoms with E-state index in [4.69, 9.17) is 14.2 Å². The van der Waals surface area contributed by atoms with Crippen LogP contribution in [0.3, 0.4) is 0 Å². The maximum absolute atomic E-state index is 13.7. The molecule has 0 radical (unpaired) electrons. The van der Waals surface area contributed by atoms with Crippen LogP contribution in [0.4, 0.5) is 13.2 Å². The van der Waals surface area contributed by atoms with E-state index in [1.54, 1.807) is 38.2 Å². The molecule has 0 aliphatic carbocycles. The monoisotopic (exact) mass is 553 g/mol. The average Bonchev–Trinajstić information content (AvgIpc) is 3.16. The number of para-hydroxylation sites is 1. The van der Waals surface area contributed by atoms with Gasteiger partial charge >= 0.3 is 6.61 Å². The summed E-state index contributed by atoms with van der Waals surface area (Å²) in [6.07, 6.45) is -0.358. The van der Waals surface area contributed by atoms with Gasteiger partial charge in [-0.15, -0.1) is 24.0 Å². The number of fused-ring (bicyclic) bond motifs is 1. The van der Waals surface area contributed by atoms with Gasteiger partial charge in [-0.3, -0.25) is 4.99 Å². The standard InChI is InChI=1S/C20H22F3N3O4.HI/c1-12(29-15-6-4-3-5-14(15)21)9-25-20(24-2)26-10-13-7-17-18(28-11-27-17)8-16(13)30-19(22)23;/h3-8,12,19H,9-11H2,1-2H3,(H2,24,25,26);1H. The van der Waals surface area contributed by atoms with E-state index in [-0.39, 0.29) is 54.9 Å². The molecular weight excluding hydrogens is 530 g/mol. The van der Waals surface area contributed by atoms with Gasteiger partial charge in [-0.25, -0.2) is 4.39 Å². The molecule has 11 heteroatoms. The molecule has 0 amide bonds. The van der Waals surface area contributed by atoms with E-state index in [1.807, 2.05) is 0 Å². The highest BCUT2D eigenvalue weighted by Gasteiger charge is 2.20. The number of hydrogen-bond acceptors (Lipinski definition) is 5. The molecule has 1 heterocycles. The van der Waals surface area contributed by atoms with Crippen LogP contribution in [0.5, 0.6) is 23.0 Å². The molecule has 7 nitrogen and oxygen atoms in total. The molecule has 3 rings (SSSR count).